The van der Waals surface area contributed by atoms with Crippen LogP contribution in [0.3, 0.4) is 0 Å². The number of nitrogens with zero attached hydrogens (tertiary/aromatic N) is 2. The van der Waals surface area contributed by atoms with Gasteiger partial charge in [-0.3, -0.25) is 0 Å². The van der Waals surface area contributed by atoms with Gasteiger partial charge < -0.3 is 10.3 Å². The van der Waals surface area contributed by atoms with Crippen molar-refractivity contribution in [2.75, 3.05) is 11.5 Å². The van der Waals surface area contributed by atoms with Crippen LogP contribution < -0.4 is 5.73 Å². The number of anilines is 1. The van der Waals surface area contributed by atoms with Crippen LogP contribution >= 0.6 is 46.1 Å². The molecule has 1 aliphatic heterocycles. The molecule has 0 amide bonds. The van der Waals surface area contributed by atoms with E-state index in [9.17, 15) is 0 Å². The van der Waals surface area contributed by atoms with E-state index in [0.717, 1.165) is 20.7 Å². The molecule has 0 bridgehead atoms. The molecule has 7 heteroatoms. The lowest BCUT2D eigenvalue weighted by atomic mass is 10.2. The highest BCUT2D eigenvalue weighted by atomic mass is 127. The van der Waals surface area contributed by atoms with Gasteiger partial charge in [0.05, 0.1) is 10.8 Å². The van der Waals surface area contributed by atoms with Crippen LogP contribution in [0.25, 0.3) is 11.5 Å². The first-order valence-electron chi connectivity index (χ1n) is 6.70. The van der Waals surface area contributed by atoms with Gasteiger partial charge in [-0.2, -0.15) is 16.7 Å². The van der Waals surface area contributed by atoms with E-state index in [1.165, 1.54) is 0 Å². The Balaban J connectivity index is 1.85. The zero-order valence-corrected chi connectivity index (χ0v) is 15.5. The van der Waals surface area contributed by atoms with Crippen LogP contribution in [-0.4, -0.2) is 26.4 Å². The minimum Gasteiger partial charge on any atom is -0.398 e. The Kier molecular flexibility index (Phi) is 4.70. The van der Waals surface area contributed by atoms with E-state index in [-0.39, 0.29) is 0 Å². The first-order chi connectivity index (χ1) is 10.0. The Hall–Kier alpha value is -0.410. The summed E-state index contributed by atoms with van der Waals surface area (Å²) in [7, 11) is 0. The van der Waals surface area contributed by atoms with Gasteiger partial charge in [-0.05, 0) is 40.8 Å². The Bertz CT molecular complexity index is 649. The van der Waals surface area contributed by atoms with Gasteiger partial charge in [0.1, 0.15) is 0 Å². The number of halogens is 1. The van der Waals surface area contributed by atoms with Crippen LogP contribution in [0.1, 0.15) is 24.9 Å². The lowest BCUT2D eigenvalue weighted by Crippen LogP contribution is -2.22. The molecule has 1 fully saturated rings. The van der Waals surface area contributed by atoms with E-state index in [2.05, 4.69) is 46.6 Å². The predicted octanol–water partition coefficient (Wildman–Crippen LogP) is 4.22. The summed E-state index contributed by atoms with van der Waals surface area (Å²) < 4.78 is 6.53. The first-order valence-corrected chi connectivity index (χ1v) is 9.77. The summed E-state index contributed by atoms with van der Waals surface area (Å²) in [5.74, 6) is 2.31. The molecule has 2 heterocycles. The normalized spacial score (nSPS) is 26.0. The maximum atomic E-state index is 6.01. The summed E-state index contributed by atoms with van der Waals surface area (Å²) in [5, 5.41) is 5.73. The number of hydrogen-bond donors (Lipinski definition) is 1. The molecular formula is C14H16IN3OS2. The Morgan fingerprint density at radius 2 is 2.14 bits per heavy atom. The summed E-state index contributed by atoms with van der Waals surface area (Å²) in [4.78, 5) is 4.57. The van der Waals surface area contributed by atoms with Gasteiger partial charge in [0.2, 0.25) is 0 Å². The molecule has 1 aliphatic rings. The molecule has 0 radical (unpaired) electrons. The quantitative estimate of drug-likeness (QED) is 0.565. The molecule has 2 aromatic rings. The van der Waals surface area contributed by atoms with Gasteiger partial charge in [0, 0.05) is 25.5 Å². The van der Waals surface area contributed by atoms with Crippen molar-refractivity contribution in [2.24, 2.45) is 0 Å². The number of nitrogen functional groups attached to an aromatic ring is 1. The number of aromatic nitrogens is 2. The van der Waals surface area contributed by atoms with Crippen molar-refractivity contribution in [3.63, 3.8) is 0 Å². The highest BCUT2D eigenvalue weighted by Crippen LogP contribution is 2.43. The second-order valence-electron chi connectivity index (χ2n) is 5.06. The van der Waals surface area contributed by atoms with E-state index in [0.29, 0.717) is 27.3 Å². The SMILES string of the molecule is CC1SCC(c2noc(-c3cc(I)ccc3N)n2)SC1C. The number of thioether (sulfide) groups is 2. The van der Waals surface area contributed by atoms with Crippen LogP contribution in [0.5, 0.6) is 0 Å². The molecule has 3 unspecified atom stereocenters. The van der Waals surface area contributed by atoms with E-state index in [4.69, 9.17) is 10.3 Å². The fourth-order valence-electron chi connectivity index (χ4n) is 2.11. The van der Waals surface area contributed by atoms with Gasteiger partial charge in [-0.1, -0.05) is 19.0 Å². The monoisotopic (exact) mass is 433 g/mol. The lowest BCUT2D eigenvalue weighted by Gasteiger charge is -2.29. The number of nitrogens with two attached hydrogens (primary N) is 1. The van der Waals surface area contributed by atoms with Crippen molar-refractivity contribution < 1.29 is 4.52 Å². The molecule has 2 N–H and O–H groups in total. The fraction of sp³-hybridized carbons (Fsp3) is 0.429. The molecule has 1 saturated heterocycles. The third kappa shape index (κ3) is 3.34. The standard InChI is InChI=1S/C14H16IN3OS2/c1-7-8(2)21-12(6-20-7)13-17-14(19-18-13)10-5-9(15)3-4-11(10)16/h3-5,7-8,12H,6,16H2,1-2H3. The predicted molar refractivity (Wildman–Crippen MR) is 98.6 cm³/mol. The van der Waals surface area contributed by atoms with Crippen LogP contribution in [0.4, 0.5) is 5.69 Å². The van der Waals surface area contributed by atoms with E-state index in [1.807, 2.05) is 41.7 Å². The van der Waals surface area contributed by atoms with Crippen molar-refractivity contribution in [3.05, 3.63) is 27.6 Å². The second kappa shape index (κ2) is 6.37. The maximum absolute atomic E-state index is 6.01. The Morgan fingerprint density at radius 1 is 1.33 bits per heavy atom. The number of hydrogen-bond acceptors (Lipinski definition) is 6. The van der Waals surface area contributed by atoms with Crippen molar-refractivity contribution in [3.8, 4) is 11.5 Å². The molecular weight excluding hydrogens is 417 g/mol. The van der Waals surface area contributed by atoms with Crippen molar-refractivity contribution in [2.45, 2.75) is 29.6 Å². The molecule has 3 rings (SSSR count). The maximum Gasteiger partial charge on any atom is 0.260 e. The van der Waals surface area contributed by atoms with Crippen LogP contribution in [0, 0.1) is 3.57 Å². The molecule has 21 heavy (non-hydrogen) atoms. The molecule has 112 valence electrons. The first kappa shape index (κ1) is 15.5. The molecule has 3 atom stereocenters. The van der Waals surface area contributed by atoms with Gasteiger partial charge >= 0.3 is 0 Å². The summed E-state index contributed by atoms with van der Waals surface area (Å²) in [5.41, 5.74) is 7.49. The zero-order valence-electron chi connectivity index (χ0n) is 11.7. The summed E-state index contributed by atoms with van der Waals surface area (Å²) >= 11 is 6.15. The van der Waals surface area contributed by atoms with Gasteiger partial charge in [0.25, 0.3) is 5.89 Å². The second-order valence-corrected chi connectivity index (χ2v) is 9.30. The minimum absolute atomic E-state index is 0.294. The third-order valence-electron chi connectivity index (χ3n) is 3.53. The van der Waals surface area contributed by atoms with Crippen LogP contribution in [0.15, 0.2) is 22.7 Å². The fourth-order valence-corrected chi connectivity index (χ4v) is 5.43. The molecule has 4 nitrogen and oxygen atoms in total. The highest BCUT2D eigenvalue weighted by molar-refractivity contribution is 14.1. The Morgan fingerprint density at radius 3 is 2.90 bits per heavy atom. The van der Waals surface area contributed by atoms with E-state index >= 15 is 0 Å². The van der Waals surface area contributed by atoms with Crippen molar-refractivity contribution in [1.29, 1.82) is 0 Å². The van der Waals surface area contributed by atoms with Gasteiger partial charge in [0.15, 0.2) is 5.82 Å². The largest absolute Gasteiger partial charge is 0.398 e. The van der Waals surface area contributed by atoms with Crippen molar-refractivity contribution >= 4 is 51.8 Å². The lowest BCUT2D eigenvalue weighted by molar-refractivity contribution is 0.423. The van der Waals surface area contributed by atoms with Gasteiger partial charge in [-0.15, -0.1) is 11.8 Å². The average molecular weight is 433 g/mol. The third-order valence-corrected chi connectivity index (χ3v) is 7.58. The van der Waals surface area contributed by atoms with Crippen molar-refractivity contribution in [1.82, 2.24) is 10.1 Å². The van der Waals surface area contributed by atoms with E-state index < -0.39 is 0 Å². The number of rotatable bonds is 2. The van der Waals surface area contributed by atoms with E-state index in [1.54, 1.807) is 0 Å². The smallest absolute Gasteiger partial charge is 0.260 e. The highest BCUT2D eigenvalue weighted by Gasteiger charge is 2.30. The molecule has 0 saturated carbocycles. The summed E-state index contributed by atoms with van der Waals surface area (Å²) in [6.45, 7) is 4.53. The molecule has 1 aromatic carbocycles. The van der Waals surface area contributed by atoms with Crippen LogP contribution in [0.2, 0.25) is 0 Å². The zero-order chi connectivity index (χ0) is 15.0. The minimum atomic E-state index is 0.294. The van der Waals surface area contributed by atoms with Crippen LogP contribution in [-0.2, 0) is 0 Å². The molecule has 1 aromatic heterocycles. The number of benzene rings is 1. The summed E-state index contributed by atoms with van der Waals surface area (Å²) in [6, 6.07) is 5.81. The Labute approximate surface area is 146 Å². The molecule has 0 aliphatic carbocycles. The molecule has 0 spiro atoms. The average Bonchev–Trinajstić information content (AvgIpc) is 2.94. The summed E-state index contributed by atoms with van der Waals surface area (Å²) in [6.07, 6.45) is 0. The van der Waals surface area contributed by atoms with Gasteiger partial charge in [-0.25, -0.2) is 0 Å². The topological polar surface area (TPSA) is 64.9 Å².